The number of hydrogen-bond donors (Lipinski definition) is 2. The average Bonchev–Trinajstić information content (AvgIpc) is 3.10. The maximum absolute atomic E-state index is 12.2. The molecule has 0 aliphatic carbocycles. The third-order valence-electron chi connectivity index (χ3n) is 3.37. The molecule has 0 radical (unpaired) electrons. The second-order valence-corrected chi connectivity index (χ2v) is 6.35. The smallest absolute Gasteiger partial charge is 0.282 e. The molecule has 2 N–H and O–H groups in total. The first kappa shape index (κ1) is 17.6. The summed E-state index contributed by atoms with van der Waals surface area (Å²) in [7, 11) is 0. The van der Waals surface area contributed by atoms with E-state index in [1.54, 1.807) is 6.07 Å². The van der Waals surface area contributed by atoms with Gasteiger partial charge in [-0.2, -0.15) is 0 Å². The number of anilines is 1. The van der Waals surface area contributed by atoms with Crippen molar-refractivity contribution < 1.29 is 9.72 Å². The van der Waals surface area contributed by atoms with E-state index in [9.17, 15) is 14.9 Å². The minimum absolute atomic E-state index is 0.0158. The molecule has 9 heteroatoms. The molecule has 0 aliphatic rings. The van der Waals surface area contributed by atoms with Gasteiger partial charge in [0.2, 0.25) is 0 Å². The fourth-order valence-electron chi connectivity index (χ4n) is 2.20. The number of rotatable bonds is 4. The van der Waals surface area contributed by atoms with Crippen molar-refractivity contribution in [3.63, 3.8) is 0 Å². The van der Waals surface area contributed by atoms with E-state index in [1.807, 2.05) is 35.7 Å². The van der Waals surface area contributed by atoms with E-state index >= 15 is 0 Å². The highest BCUT2D eigenvalue weighted by molar-refractivity contribution is 7.80. The number of hydrogen-bond acceptors (Lipinski definition) is 6. The maximum atomic E-state index is 12.2. The predicted molar refractivity (Wildman–Crippen MR) is 104 cm³/mol. The van der Waals surface area contributed by atoms with Crippen molar-refractivity contribution in [1.82, 2.24) is 10.3 Å². The number of carbonyl (C=O) groups excluding carboxylic acids is 1. The Morgan fingerprint density at radius 3 is 2.54 bits per heavy atom. The second kappa shape index (κ2) is 7.81. The number of benzene rings is 2. The van der Waals surface area contributed by atoms with Crippen LogP contribution in [0.4, 0.5) is 10.8 Å². The van der Waals surface area contributed by atoms with Crippen LogP contribution in [0.3, 0.4) is 0 Å². The van der Waals surface area contributed by atoms with Gasteiger partial charge in [0.05, 0.1) is 10.6 Å². The molecule has 0 saturated carbocycles. The summed E-state index contributed by atoms with van der Waals surface area (Å²) in [6.45, 7) is 0. The molecule has 0 saturated heterocycles. The third kappa shape index (κ3) is 4.08. The van der Waals surface area contributed by atoms with Gasteiger partial charge in [0.25, 0.3) is 11.6 Å². The number of nitrogens with one attached hydrogen (secondary N) is 2. The van der Waals surface area contributed by atoms with Gasteiger partial charge in [0, 0.05) is 17.0 Å². The van der Waals surface area contributed by atoms with Gasteiger partial charge in [0.1, 0.15) is 5.56 Å². The van der Waals surface area contributed by atoms with E-state index in [0.717, 1.165) is 11.3 Å². The highest BCUT2D eigenvalue weighted by Crippen LogP contribution is 2.24. The molecule has 0 spiro atoms. The number of thiazole rings is 1. The molecule has 3 aromatic rings. The second-order valence-electron chi connectivity index (χ2n) is 5.09. The Morgan fingerprint density at radius 2 is 1.81 bits per heavy atom. The van der Waals surface area contributed by atoms with Crippen molar-refractivity contribution in [3.05, 3.63) is 75.7 Å². The van der Waals surface area contributed by atoms with Crippen LogP contribution < -0.4 is 10.6 Å². The summed E-state index contributed by atoms with van der Waals surface area (Å²) in [6.07, 6.45) is 0. The summed E-state index contributed by atoms with van der Waals surface area (Å²) in [4.78, 5) is 27.0. The standard InChI is InChI=1S/C17H12N4O3S2/c22-15(12-8-4-5-9-14(12)21(23)24)19-16(25)20-17-18-13(10-26-17)11-6-2-1-3-7-11/h1-10H,(H2,18,19,20,22,25). The highest BCUT2D eigenvalue weighted by atomic mass is 32.1. The zero-order valence-electron chi connectivity index (χ0n) is 13.2. The molecule has 7 nitrogen and oxygen atoms in total. The Hall–Kier alpha value is -3.17. The van der Waals surface area contributed by atoms with Crippen LogP contribution in [0.1, 0.15) is 10.4 Å². The lowest BCUT2D eigenvalue weighted by molar-refractivity contribution is -0.385. The molecule has 0 fully saturated rings. The molecule has 0 unspecified atom stereocenters. The SMILES string of the molecule is O=C(NC(=S)Nc1nc(-c2ccccc2)cs1)c1ccccc1[N+](=O)[O-]. The summed E-state index contributed by atoms with van der Waals surface area (Å²) in [5.74, 6) is -0.658. The quantitative estimate of drug-likeness (QED) is 0.403. The number of nitro groups is 1. The molecule has 1 heterocycles. The average molecular weight is 384 g/mol. The van der Waals surface area contributed by atoms with Crippen LogP contribution in [-0.2, 0) is 0 Å². The van der Waals surface area contributed by atoms with E-state index < -0.39 is 10.8 Å². The van der Waals surface area contributed by atoms with Crippen LogP contribution in [0.25, 0.3) is 11.3 Å². The zero-order chi connectivity index (χ0) is 18.5. The van der Waals surface area contributed by atoms with Crippen LogP contribution >= 0.6 is 23.6 Å². The van der Waals surface area contributed by atoms with Gasteiger partial charge < -0.3 is 5.32 Å². The van der Waals surface area contributed by atoms with Gasteiger partial charge in [-0.05, 0) is 18.3 Å². The maximum Gasteiger partial charge on any atom is 0.282 e. The summed E-state index contributed by atoms with van der Waals surface area (Å²) in [5, 5.41) is 18.7. The minimum atomic E-state index is -0.658. The lowest BCUT2D eigenvalue weighted by Gasteiger charge is -2.07. The van der Waals surface area contributed by atoms with Crippen molar-refractivity contribution in [2.45, 2.75) is 0 Å². The first-order valence-corrected chi connectivity index (χ1v) is 8.70. The van der Waals surface area contributed by atoms with Crippen LogP contribution in [-0.4, -0.2) is 20.9 Å². The number of nitrogens with zero attached hydrogens (tertiary/aromatic N) is 2. The van der Waals surface area contributed by atoms with E-state index in [1.165, 1.54) is 29.5 Å². The Morgan fingerprint density at radius 1 is 1.12 bits per heavy atom. The van der Waals surface area contributed by atoms with Crippen molar-refractivity contribution in [2.75, 3.05) is 5.32 Å². The number of nitro benzene ring substituents is 1. The summed E-state index contributed by atoms with van der Waals surface area (Å²) >= 11 is 6.44. The lowest BCUT2D eigenvalue weighted by atomic mass is 10.1. The summed E-state index contributed by atoms with van der Waals surface area (Å²) < 4.78 is 0. The topological polar surface area (TPSA) is 97.2 Å². The highest BCUT2D eigenvalue weighted by Gasteiger charge is 2.20. The zero-order valence-corrected chi connectivity index (χ0v) is 14.8. The molecule has 26 heavy (non-hydrogen) atoms. The number of para-hydroxylation sites is 1. The molecule has 3 rings (SSSR count). The lowest BCUT2D eigenvalue weighted by Crippen LogP contribution is -2.34. The Bertz CT molecular complexity index is 973. The molecular weight excluding hydrogens is 372 g/mol. The number of carbonyl (C=O) groups is 1. The summed E-state index contributed by atoms with van der Waals surface area (Å²) in [6, 6.07) is 15.3. The van der Waals surface area contributed by atoms with E-state index in [4.69, 9.17) is 12.2 Å². The monoisotopic (exact) mass is 384 g/mol. The molecule has 2 aromatic carbocycles. The molecule has 0 aliphatic heterocycles. The van der Waals surface area contributed by atoms with Crippen molar-refractivity contribution in [2.24, 2.45) is 0 Å². The third-order valence-corrected chi connectivity index (χ3v) is 4.33. The number of thiocarbonyl (C=S) groups is 1. The largest absolute Gasteiger partial charge is 0.308 e. The van der Waals surface area contributed by atoms with Crippen molar-refractivity contribution >= 4 is 45.4 Å². The van der Waals surface area contributed by atoms with Crippen molar-refractivity contribution in [1.29, 1.82) is 0 Å². The predicted octanol–water partition coefficient (Wildman–Crippen LogP) is 3.85. The molecule has 1 aromatic heterocycles. The normalized spacial score (nSPS) is 10.2. The first-order valence-electron chi connectivity index (χ1n) is 7.41. The fraction of sp³-hybridized carbons (Fsp3) is 0. The van der Waals surface area contributed by atoms with Crippen LogP contribution in [0.2, 0.25) is 0 Å². The minimum Gasteiger partial charge on any atom is -0.308 e. The van der Waals surface area contributed by atoms with Gasteiger partial charge in [-0.3, -0.25) is 20.2 Å². The van der Waals surface area contributed by atoms with E-state index in [0.29, 0.717) is 5.13 Å². The Kier molecular flexibility index (Phi) is 5.30. The molecular formula is C17H12N4O3S2. The van der Waals surface area contributed by atoms with Crippen LogP contribution in [0.15, 0.2) is 60.0 Å². The van der Waals surface area contributed by atoms with Gasteiger partial charge >= 0.3 is 0 Å². The van der Waals surface area contributed by atoms with Gasteiger partial charge in [-0.15, -0.1) is 11.3 Å². The fourth-order valence-corrected chi connectivity index (χ4v) is 3.17. The van der Waals surface area contributed by atoms with Gasteiger partial charge in [-0.1, -0.05) is 42.5 Å². The Labute approximate surface area is 157 Å². The summed E-state index contributed by atoms with van der Waals surface area (Å²) in [5.41, 5.74) is 1.40. The molecule has 130 valence electrons. The molecule has 1 amide bonds. The van der Waals surface area contributed by atoms with E-state index in [2.05, 4.69) is 15.6 Å². The first-order chi connectivity index (χ1) is 12.5. The number of aromatic nitrogens is 1. The Balaban J connectivity index is 1.67. The van der Waals surface area contributed by atoms with Gasteiger partial charge in [0.15, 0.2) is 10.2 Å². The molecule has 0 atom stereocenters. The van der Waals surface area contributed by atoms with E-state index in [-0.39, 0.29) is 16.4 Å². The van der Waals surface area contributed by atoms with Gasteiger partial charge in [-0.25, -0.2) is 4.98 Å². The van der Waals surface area contributed by atoms with Crippen LogP contribution in [0, 0.1) is 10.1 Å². The van der Waals surface area contributed by atoms with Crippen LogP contribution in [0.5, 0.6) is 0 Å². The van der Waals surface area contributed by atoms with Crippen molar-refractivity contribution in [3.8, 4) is 11.3 Å². The molecule has 0 bridgehead atoms. The number of amides is 1.